The second kappa shape index (κ2) is 12.6. The lowest BCUT2D eigenvalue weighted by Gasteiger charge is -2.46. The fourth-order valence-electron chi connectivity index (χ4n) is 8.93. The van der Waals surface area contributed by atoms with Crippen molar-refractivity contribution in [1.82, 2.24) is 0 Å². The number of fused-ring (bicyclic) bond motifs is 6. The average molecular weight is 758 g/mol. The van der Waals surface area contributed by atoms with Crippen LogP contribution in [-0.4, -0.2) is 0 Å². The predicted molar refractivity (Wildman–Crippen MR) is 241 cm³/mol. The van der Waals surface area contributed by atoms with Crippen LogP contribution in [-0.2, 0) is 16.2 Å². The molecule has 3 heterocycles. The summed E-state index contributed by atoms with van der Waals surface area (Å²) in [5.41, 5.74) is 15.3. The topological polar surface area (TPSA) is 42.7 Å². The molecule has 0 saturated carbocycles. The fraction of sp³-hybridized carbons (Fsp3) is 0.204. The summed E-state index contributed by atoms with van der Waals surface area (Å²) >= 11 is 0. The Morgan fingerprint density at radius 2 is 1.07 bits per heavy atom. The second-order valence-corrected chi connectivity index (χ2v) is 18.6. The van der Waals surface area contributed by atoms with Crippen LogP contribution in [0.2, 0.25) is 0 Å². The molecule has 0 radical (unpaired) electrons. The molecule has 2 aliphatic heterocycles. The molecule has 0 saturated heterocycles. The van der Waals surface area contributed by atoms with E-state index in [4.69, 9.17) is 9.15 Å². The molecule has 0 bridgehead atoms. The Kier molecular flexibility index (Phi) is 7.79. The molecule has 7 aromatic carbocycles. The van der Waals surface area contributed by atoms with E-state index in [9.17, 15) is 4.79 Å². The Hall–Kier alpha value is -6.39. The van der Waals surface area contributed by atoms with Gasteiger partial charge in [0.15, 0.2) is 11.5 Å². The van der Waals surface area contributed by atoms with Crippen LogP contribution in [0.4, 0.5) is 17.1 Å². The van der Waals surface area contributed by atoms with Crippen LogP contribution in [0.25, 0.3) is 55.3 Å². The lowest BCUT2D eigenvalue weighted by atomic mass is 9.70. The summed E-state index contributed by atoms with van der Waals surface area (Å²) in [6.07, 6.45) is 0. The van der Waals surface area contributed by atoms with Gasteiger partial charge in [-0.1, -0.05) is 146 Å². The quantitative estimate of drug-likeness (QED) is 0.168. The largest absolute Gasteiger partial charge is 0.456 e. The maximum Gasteiger partial charge on any atom is 0.200 e. The minimum atomic E-state index is -0.248. The van der Waals surface area contributed by atoms with Crippen molar-refractivity contribution >= 4 is 39.0 Å². The summed E-state index contributed by atoms with van der Waals surface area (Å²) in [5, 5.41) is 1.10. The molecule has 8 aromatic rings. The van der Waals surface area contributed by atoms with Gasteiger partial charge in [0, 0.05) is 5.41 Å². The third kappa shape index (κ3) is 5.61. The first-order valence-electron chi connectivity index (χ1n) is 20.3. The van der Waals surface area contributed by atoms with E-state index in [1.54, 1.807) is 0 Å². The fourth-order valence-corrected chi connectivity index (χ4v) is 8.93. The van der Waals surface area contributed by atoms with E-state index in [0.717, 1.165) is 56.3 Å². The zero-order valence-corrected chi connectivity index (χ0v) is 34.5. The molecule has 4 nitrogen and oxygen atoms in total. The van der Waals surface area contributed by atoms with E-state index >= 15 is 0 Å². The molecular formula is C54H47NO3. The molecule has 0 fully saturated rings. The van der Waals surface area contributed by atoms with Crippen LogP contribution >= 0.6 is 0 Å². The third-order valence-electron chi connectivity index (χ3n) is 12.4. The first-order chi connectivity index (χ1) is 27.7. The highest BCUT2D eigenvalue weighted by atomic mass is 16.5. The molecular weight excluding hydrogens is 711 g/mol. The van der Waals surface area contributed by atoms with Crippen molar-refractivity contribution < 1.29 is 9.15 Å². The molecule has 0 aliphatic carbocycles. The van der Waals surface area contributed by atoms with Gasteiger partial charge in [-0.3, -0.25) is 4.79 Å². The van der Waals surface area contributed by atoms with E-state index in [1.165, 1.54) is 27.9 Å². The van der Waals surface area contributed by atoms with E-state index in [-0.39, 0.29) is 21.7 Å². The van der Waals surface area contributed by atoms with E-state index in [1.807, 2.05) is 60.7 Å². The van der Waals surface area contributed by atoms with Crippen LogP contribution < -0.4 is 15.1 Å². The number of benzene rings is 7. The van der Waals surface area contributed by atoms with Crippen molar-refractivity contribution in [1.29, 1.82) is 0 Å². The highest BCUT2D eigenvalue weighted by Gasteiger charge is 2.43. The Morgan fingerprint density at radius 1 is 0.500 bits per heavy atom. The molecule has 2 aliphatic rings. The molecule has 0 spiro atoms. The number of rotatable bonds is 3. The van der Waals surface area contributed by atoms with Gasteiger partial charge < -0.3 is 14.1 Å². The van der Waals surface area contributed by atoms with Gasteiger partial charge in [-0.15, -0.1) is 0 Å². The first-order valence-corrected chi connectivity index (χ1v) is 20.3. The van der Waals surface area contributed by atoms with Crippen LogP contribution in [0.5, 0.6) is 11.5 Å². The molecule has 0 unspecified atom stereocenters. The molecule has 10 rings (SSSR count). The van der Waals surface area contributed by atoms with Gasteiger partial charge in [-0.05, 0) is 115 Å². The molecule has 4 heteroatoms. The summed E-state index contributed by atoms with van der Waals surface area (Å²) < 4.78 is 13.3. The van der Waals surface area contributed by atoms with Crippen LogP contribution in [0.1, 0.15) is 77.6 Å². The maximum atomic E-state index is 14.4. The number of ether oxygens (including phenoxy) is 1. The number of hydrogen-bond donors (Lipinski definition) is 0. The number of hydrogen-bond acceptors (Lipinski definition) is 4. The van der Waals surface area contributed by atoms with Gasteiger partial charge in [-0.2, -0.15) is 0 Å². The lowest BCUT2D eigenvalue weighted by molar-refractivity contribution is 0.466. The van der Waals surface area contributed by atoms with E-state index in [2.05, 4.69) is 139 Å². The van der Waals surface area contributed by atoms with Crippen molar-refractivity contribution in [3.05, 3.63) is 172 Å². The van der Waals surface area contributed by atoms with E-state index < -0.39 is 0 Å². The van der Waals surface area contributed by atoms with Crippen LogP contribution in [0.15, 0.2) is 149 Å². The first kappa shape index (κ1) is 36.0. The molecule has 0 N–H and O–H groups in total. The molecule has 0 amide bonds. The predicted octanol–water partition coefficient (Wildman–Crippen LogP) is 14.8. The maximum absolute atomic E-state index is 14.4. The molecule has 58 heavy (non-hydrogen) atoms. The summed E-state index contributed by atoms with van der Waals surface area (Å²) in [7, 11) is 0. The van der Waals surface area contributed by atoms with Gasteiger partial charge in [-0.25, -0.2) is 0 Å². The van der Waals surface area contributed by atoms with Crippen molar-refractivity contribution in [2.45, 2.75) is 71.6 Å². The van der Waals surface area contributed by atoms with Gasteiger partial charge in [0.2, 0.25) is 5.43 Å². The monoisotopic (exact) mass is 757 g/mol. The Balaban J connectivity index is 1.10. The van der Waals surface area contributed by atoms with Crippen molar-refractivity contribution in [3.63, 3.8) is 0 Å². The summed E-state index contributed by atoms with van der Waals surface area (Å²) in [5.74, 6) is 1.64. The van der Waals surface area contributed by atoms with Gasteiger partial charge >= 0.3 is 0 Å². The normalized spacial score (nSPS) is 14.2. The Bertz CT molecular complexity index is 3050. The summed E-state index contributed by atoms with van der Waals surface area (Å²) in [6, 6.07) is 48.6. The zero-order chi connectivity index (χ0) is 40.3. The van der Waals surface area contributed by atoms with Gasteiger partial charge in [0.05, 0.1) is 27.8 Å². The second-order valence-electron chi connectivity index (χ2n) is 18.6. The summed E-state index contributed by atoms with van der Waals surface area (Å²) in [4.78, 5) is 16.8. The standard InChI is InChI=1S/C54H47NO3/c1-52(2,3)36-21-23-44-42(29-36)54(7,8)43-30-37(53(4,5)6)31-49-50(43)55(44)45-22-18-34(28-48(45)58-49)33-19-24-46-40(26-33)51(56)41-27-35(20-25-47(41)57-46)39-17-13-12-16-38(39)32-14-10-9-11-15-32/h9-31H,1-8H3. The van der Waals surface area contributed by atoms with Crippen LogP contribution in [0, 0.1) is 0 Å². The highest BCUT2D eigenvalue weighted by molar-refractivity contribution is 5.97. The summed E-state index contributed by atoms with van der Waals surface area (Å²) in [6.45, 7) is 18.3. The van der Waals surface area contributed by atoms with Gasteiger partial charge in [0.1, 0.15) is 11.2 Å². The minimum Gasteiger partial charge on any atom is -0.456 e. The third-order valence-corrected chi connectivity index (χ3v) is 12.4. The van der Waals surface area contributed by atoms with Gasteiger partial charge in [0.25, 0.3) is 0 Å². The van der Waals surface area contributed by atoms with Crippen molar-refractivity contribution in [2.24, 2.45) is 0 Å². The number of anilines is 3. The van der Waals surface area contributed by atoms with Crippen molar-refractivity contribution in [2.75, 3.05) is 4.90 Å². The minimum absolute atomic E-state index is 0.0150. The zero-order valence-electron chi connectivity index (χ0n) is 34.5. The Morgan fingerprint density at radius 3 is 1.76 bits per heavy atom. The smallest absolute Gasteiger partial charge is 0.200 e. The van der Waals surface area contributed by atoms with Crippen molar-refractivity contribution in [3.8, 4) is 44.9 Å². The van der Waals surface area contributed by atoms with E-state index in [0.29, 0.717) is 21.9 Å². The Labute approximate surface area is 340 Å². The van der Waals surface area contributed by atoms with Crippen LogP contribution in [0.3, 0.4) is 0 Å². The molecule has 1 aromatic heterocycles. The lowest BCUT2D eigenvalue weighted by Crippen LogP contribution is -2.33. The SMILES string of the molecule is CC(C)(C)c1ccc2c(c1)C(C)(C)c1cc(C(C)(C)C)cc3c1N2c1ccc(-c2ccc4oc5ccc(-c6ccccc6-c6ccccc6)cc5c(=O)c4c2)cc1O3. The molecule has 286 valence electrons. The average Bonchev–Trinajstić information content (AvgIpc) is 3.21. The molecule has 0 atom stereocenters. The number of nitrogens with zero attached hydrogens (tertiary/aromatic N) is 1. The highest BCUT2D eigenvalue weighted by Crippen LogP contribution is 2.61.